The van der Waals surface area contributed by atoms with E-state index in [9.17, 15) is 4.79 Å². The van der Waals surface area contributed by atoms with Crippen molar-refractivity contribution in [3.05, 3.63) is 59.1 Å². The Labute approximate surface area is 132 Å². The largest absolute Gasteiger partial charge is 0.364 e. The van der Waals surface area contributed by atoms with Gasteiger partial charge < -0.3 is 10.1 Å². The van der Waals surface area contributed by atoms with Gasteiger partial charge in [0, 0.05) is 5.69 Å². The van der Waals surface area contributed by atoms with Gasteiger partial charge in [-0.25, -0.2) is 4.98 Å². The molecule has 0 aliphatic heterocycles. The normalized spacial score (nSPS) is 10.8. The number of benzene rings is 2. The van der Waals surface area contributed by atoms with Gasteiger partial charge in [0.25, 0.3) is 0 Å². The number of carbonyl (C=O) groups is 1. The van der Waals surface area contributed by atoms with Gasteiger partial charge in [0.15, 0.2) is 0 Å². The van der Waals surface area contributed by atoms with Gasteiger partial charge in [-0.1, -0.05) is 30.3 Å². The van der Waals surface area contributed by atoms with Crippen LogP contribution >= 0.6 is 11.3 Å². The molecule has 0 saturated carbocycles. The van der Waals surface area contributed by atoms with E-state index in [0.717, 1.165) is 26.5 Å². The van der Waals surface area contributed by atoms with Gasteiger partial charge in [0.2, 0.25) is 5.91 Å². The summed E-state index contributed by atoms with van der Waals surface area (Å²) in [5.74, 6) is -0.157. The molecule has 2 aromatic carbocycles. The Morgan fingerprint density at radius 3 is 2.77 bits per heavy atom. The number of rotatable bonds is 5. The number of hydrogen-bond donors (Lipinski definition) is 1. The van der Waals surface area contributed by atoms with E-state index in [4.69, 9.17) is 4.74 Å². The van der Waals surface area contributed by atoms with E-state index in [-0.39, 0.29) is 12.5 Å². The first-order valence-corrected chi connectivity index (χ1v) is 7.82. The zero-order valence-electron chi connectivity index (χ0n) is 12.2. The van der Waals surface area contributed by atoms with Gasteiger partial charge in [-0.2, -0.15) is 0 Å². The van der Waals surface area contributed by atoms with Crippen molar-refractivity contribution in [1.29, 1.82) is 0 Å². The van der Waals surface area contributed by atoms with E-state index in [1.807, 2.05) is 55.5 Å². The lowest BCUT2D eigenvalue weighted by atomic mass is 10.2. The summed E-state index contributed by atoms with van der Waals surface area (Å²) in [7, 11) is 0. The van der Waals surface area contributed by atoms with Gasteiger partial charge in [0.1, 0.15) is 11.6 Å². The Hall–Kier alpha value is -2.24. The summed E-state index contributed by atoms with van der Waals surface area (Å²) in [4.78, 5) is 16.3. The molecule has 3 rings (SSSR count). The van der Waals surface area contributed by atoms with Crippen LogP contribution in [0.15, 0.2) is 48.5 Å². The van der Waals surface area contributed by atoms with Crippen LogP contribution in [-0.4, -0.2) is 17.5 Å². The Kier molecular flexibility index (Phi) is 4.46. The van der Waals surface area contributed by atoms with Crippen molar-refractivity contribution in [2.24, 2.45) is 0 Å². The first kappa shape index (κ1) is 14.7. The molecule has 22 heavy (non-hydrogen) atoms. The number of fused-ring (bicyclic) bond motifs is 1. The highest BCUT2D eigenvalue weighted by molar-refractivity contribution is 7.18. The molecule has 4 nitrogen and oxygen atoms in total. The lowest BCUT2D eigenvalue weighted by Crippen LogP contribution is -2.18. The zero-order chi connectivity index (χ0) is 15.4. The van der Waals surface area contributed by atoms with Crippen molar-refractivity contribution in [1.82, 2.24) is 4.98 Å². The Morgan fingerprint density at radius 1 is 1.18 bits per heavy atom. The molecule has 1 amide bonds. The molecule has 0 radical (unpaired) electrons. The number of nitrogens with zero attached hydrogens (tertiary/aromatic N) is 1. The second-order valence-electron chi connectivity index (χ2n) is 4.93. The van der Waals surface area contributed by atoms with E-state index >= 15 is 0 Å². The van der Waals surface area contributed by atoms with Crippen molar-refractivity contribution in [2.45, 2.75) is 13.5 Å². The highest BCUT2D eigenvalue weighted by atomic mass is 32.1. The van der Waals surface area contributed by atoms with Crippen molar-refractivity contribution in [2.75, 3.05) is 11.9 Å². The molecule has 1 N–H and O–H groups in total. The van der Waals surface area contributed by atoms with Crippen LogP contribution in [0, 0.1) is 6.92 Å². The molecular formula is C17H16N2O2S. The molecule has 3 aromatic rings. The fraction of sp³-hybridized carbons (Fsp3) is 0.176. The summed E-state index contributed by atoms with van der Waals surface area (Å²) in [6.07, 6.45) is 0. The summed E-state index contributed by atoms with van der Waals surface area (Å²) in [6.45, 7) is 2.32. The standard InChI is InChI=1S/C17H16N2O2S/c1-12-6-2-3-7-13(12)18-16(20)10-21-11-17-19-14-8-4-5-9-15(14)22-17/h2-9H,10-11H2,1H3,(H,18,20). The molecule has 1 aromatic heterocycles. The smallest absolute Gasteiger partial charge is 0.250 e. The number of carbonyl (C=O) groups excluding carboxylic acids is 1. The molecule has 0 aliphatic rings. The number of ether oxygens (including phenoxy) is 1. The van der Waals surface area contributed by atoms with Gasteiger partial charge in [-0.15, -0.1) is 11.3 Å². The highest BCUT2D eigenvalue weighted by Gasteiger charge is 2.07. The van der Waals surface area contributed by atoms with E-state index in [0.29, 0.717) is 6.61 Å². The number of hydrogen-bond acceptors (Lipinski definition) is 4. The summed E-state index contributed by atoms with van der Waals surface area (Å²) < 4.78 is 6.59. The summed E-state index contributed by atoms with van der Waals surface area (Å²) in [5, 5.41) is 3.72. The van der Waals surface area contributed by atoms with Crippen LogP contribution in [0.1, 0.15) is 10.6 Å². The third kappa shape index (κ3) is 3.50. The van der Waals surface area contributed by atoms with Gasteiger partial charge in [-0.3, -0.25) is 4.79 Å². The number of nitrogens with one attached hydrogen (secondary N) is 1. The minimum atomic E-state index is -0.157. The van der Waals surface area contributed by atoms with E-state index in [1.165, 1.54) is 0 Å². The number of thiazole rings is 1. The van der Waals surface area contributed by atoms with Crippen molar-refractivity contribution in [3.63, 3.8) is 0 Å². The average Bonchev–Trinajstić information content (AvgIpc) is 2.92. The lowest BCUT2D eigenvalue weighted by Gasteiger charge is -2.07. The predicted molar refractivity (Wildman–Crippen MR) is 89.1 cm³/mol. The number of anilines is 1. The summed E-state index contributed by atoms with van der Waals surface area (Å²) >= 11 is 1.59. The Balaban J connectivity index is 1.52. The van der Waals surface area contributed by atoms with Crippen LogP contribution < -0.4 is 5.32 Å². The average molecular weight is 312 g/mol. The second-order valence-corrected chi connectivity index (χ2v) is 6.05. The van der Waals surface area contributed by atoms with E-state index in [2.05, 4.69) is 10.3 Å². The van der Waals surface area contributed by atoms with E-state index < -0.39 is 0 Å². The van der Waals surface area contributed by atoms with Crippen LogP contribution in [0.3, 0.4) is 0 Å². The third-order valence-electron chi connectivity index (χ3n) is 3.22. The molecule has 0 saturated heterocycles. The summed E-state index contributed by atoms with van der Waals surface area (Å²) in [6, 6.07) is 15.6. The quantitative estimate of drug-likeness (QED) is 0.780. The Morgan fingerprint density at radius 2 is 1.95 bits per heavy atom. The maximum absolute atomic E-state index is 11.9. The predicted octanol–water partition coefficient (Wildman–Crippen LogP) is 3.76. The number of para-hydroxylation sites is 2. The SMILES string of the molecule is Cc1ccccc1NC(=O)COCc1nc2ccccc2s1. The fourth-order valence-corrected chi connectivity index (χ4v) is 3.02. The minimum Gasteiger partial charge on any atom is -0.364 e. The van der Waals surface area contributed by atoms with Crippen LogP contribution in [0.4, 0.5) is 5.69 Å². The molecule has 0 aliphatic carbocycles. The third-order valence-corrected chi connectivity index (χ3v) is 4.23. The van der Waals surface area contributed by atoms with Crippen molar-refractivity contribution in [3.8, 4) is 0 Å². The molecule has 112 valence electrons. The maximum Gasteiger partial charge on any atom is 0.250 e. The number of aryl methyl sites for hydroxylation is 1. The van der Waals surface area contributed by atoms with Crippen LogP contribution in [0.5, 0.6) is 0 Å². The Bertz CT molecular complexity index is 765. The molecule has 5 heteroatoms. The van der Waals surface area contributed by atoms with Crippen LogP contribution in [0.25, 0.3) is 10.2 Å². The minimum absolute atomic E-state index is 0.0181. The zero-order valence-corrected chi connectivity index (χ0v) is 13.0. The van der Waals surface area contributed by atoms with Crippen molar-refractivity contribution >= 4 is 33.1 Å². The molecule has 1 heterocycles. The molecular weight excluding hydrogens is 296 g/mol. The fourth-order valence-electron chi connectivity index (χ4n) is 2.11. The molecule has 0 unspecified atom stereocenters. The second kappa shape index (κ2) is 6.68. The van der Waals surface area contributed by atoms with Gasteiger partial charge in [0.05, 0.1) is 16.8 Å². The first-order valence-electron chi connectivity index (χ1n) is 7.00. The highest BCUT2D eigenvalue weighted by Crippen LogP contribution is 2.22. The monoisotopic (exact) mass is 312 g/mol. The van der Waals surface area contributed by atoms with Crippen LogP contribution in [-0.2, 0) is 16.1 Å². The molecule has 0 bridgehead atoms. The van der Waals surface area contributed by atoms with Crippen LogP contribution in [0.2, 0.25) is 0 Å². The summed E-state index contributed by atoms with van der Waals surface area (Å²) in [5.41, 5.74) is 2.81. The molecule has 0 fully saturated rings. The van der Waals surface area contributed by atoms with Gasteiger partial charge in [-0.05, 0) is 30.7 Å². The van der Waals surface area contributed by atoms with Gasteiger partial charge >= 0.3 is 0 Å². The van der Waals surface area contributed by atoms with E-state index in [1.54, 1.807) is 11.3 Å². The number of aromatic nitrogens is 1. The lowest BCUT2D eigenvalue weighted by molar-refractivity contribution is -0.121. The first-order chi connectivity index (χ1) is 10.7. The van der Waals surface area contributed by atoms with Crippen molar-refractivity contribution < 1.29 is 9.53 Å². The number of amides is 1. The topological polar surface area (TPSA) is 51.2 Å². The molecule has 0 spiro atoms. The molecule has 0 atom stereocenters. The maximum atomic E-state index is 11.9.